The summed E-state index contributed by atoms with van der Waals surface area (Å²) in [6, 6.07) is 27.2. The fourth-order valence-corrected chi connectivity index (χ4v) is 7.12. The predicted octanol–water partition coefficient (Wildman–Crippen LogP) is 11.1. The van der Waals surface area contributed by atoms with Gasteiger partial charge in [-0.3, -0.25) is 9.69 Å². The number of carboxylic acids is 1. The Hall–Kier alpha value is -3.00. The molecule has 5 nitrogen and oxygen atoms in total. The molecule has 1 heterocycles. The molecule has 0 bridgehead atoms. The summed E-state index contributed by atoms with van der Waals surface area (Å²) in [7, 11) is 0. The molecule has 3 aromatic carbocycles. The second-order valence-electron chi connectivity index (χ2n) is 14.2. The molecule has 3 aromatic rings. The van der Waals surface area contributed by atoms with Gasteiger partial charge in [0, 0.05) is 36.1 Å². The number of nitrogens with zero attached hydrogens (tertiary/aromatic N) is 1. The van der Waals surface area contributed by atoms with Gasteiger partial charge in [0.05, 0.1) is 12.0 Å². The first kappa shape index (κ1) is 39.8. The lowest BCUT2D eigenvalue weighted by Gasteiger charge is -2.30. The van der Waals surface area contributed by atoms with Gasteiger partial charge in [0.15, 0.2) is 0 Å². The summed E-state index contributed by atoms with van der Waals surface area (Å²) < 4.78 is 25.9. The number of hydrogen-bond acceptors (Lipinski definition) is 4. The Balaban J connectivity index is 0.000000255. The highest BCUT2D eigenvalue weighted by Gasteiger charge is 2.34. The number of rotatable bonds is 17. The number of unbranched alkanes of at least 4 members (excludes halogenated alkanes) is 7. The van der Waals surface area contributed by atoms with Crippen molar-refractivity contribution < 1.29 is 18.7 Å². The SMILES string of the molecule is CCCCCCCCCCNC1CCC(F)(F)CC1.O=C(O)C1CCN(Cc2cccc(NC(c3ccccc3)c3ccc(Cl)cc3)c2)CC1. The van der Waals surface area contributed by atoms with Gasteiger partial charge < -0.3 is 15.7 Å². The van der Waals surface area contributed by atoms with Crippen LogP contribution in [0.15, 0.2) is 78.9 Å². The zero-order valence-electron chi connectivity index (χ0n) is 29.9. The smallest absolute Gasteiger partial charge is 0.306 e. The minimum atomic E-state index is -2.39. The van der Waals surface area contributed by atoms with Gasteiger partial charge in [-0.15, -0.1) is 0 Å². The molecule has 2 aliphatic rings. The van der Waals surface area contributed by atoms with Crippen LogP contribution in [0.4, 0.5) is 14.5 Å². The molecule has 5 rings (SSSR count). The topological polar surface area (TPSA) is 64.6 Å². The van der Waals surface area contributed by atoms with Crippen molar-refractivity contribution in [2.75, 3.05) is 25.0 Å². The van der Waals surface area contributed by atoms with Crippen LogP contribution in [0.2, 0.25) is 5.02 Å². The average Bonchev–Trinajstić information content (AvgIpc) is 3.12. The zero-order chi connectivity index (χ0) is 35.6. The Morgan fingerprint density at radius 3 is 2.10 bits per heavy atom. The van der Waals surface area contributed by atoms with Crippen LogP contribution in [0.1, 0.15) is 120 Å². The van der Waals surface area contributed by atoms with Crippen LogP contribution >= 0.6 is 11.6 Å². The summed E-state index contributed by atoms with van der Waals surface area (Å²) in [5.41, 5.74) is 4.62. The lowest BCUT2D eigenvalue weighted by molar-refractivity contribution is -0.143. The van der Waals surface area contributed by atoms with E-state index in [2.05, 4.69) is 83.1 Å². The molecular formula is C42H58ClF2N3O2. The predicted molar refractivity (Wildman–Crippen MR) is 203 cm³/mol. The van der Waals surface area contributed by atoms with Crippen LogP contribution in [0.3, 0.4) is 0 Å². The Bertz CT molecular complexity index is 1370. The third-order valence-electron chi connectivity index (χ3n) is 10.1. The van der Waals surface area contributed by atoms with Crippen molar-refractivity contribution in [3.8, 4) is 0 Å². The van der Waals surface area contributed by atoms with E-state index >= 15 is 0 Å². The normalized spacial score (nSPS) is 17.4. The van der Waals surface area contributed by atoms with Crippen molar-refractivity contribution in [2.24, 2.45) is 5.92 Å². The molecule has 1 atom stereocenters. The second-order valence-corrected chi connectivity index (χ2v) is 14.6. The van der Waals surface area contributed by atoms with Gasteiger partial charge in [0.25, 0.3) is 0 Å². The van der Waals surface area contributed by atoms with Crippen molar-refractivity contribution in [3.05, 3.63) is 101 Å². The van der Waals surface area contributed by atoms with Gasteiger partial charge in [-0.05, 0) is 92.7 Å². The minimum Gasteiger partial charge on any atom is -0.481 e. The van der Waals surface area contributed by atoms with Crippen LogP contribution in [0.5, 0.6) is 0 Å². The number of piperidine rings is 1. The molecule has 8 heteroatoms. The average molecular weight is 710 g/mol. The largest absolute Gasteiger partial charge is 0.481 e. The van der Waals surface area contributed by atoms with E-state index in [4.69, 9.17) is 11.6 Å². The van der Waals surface area contributed by atoms with Crippen LogP contribution in [-0.2, 0) is 11.3 Å². The molecule has 1 aliphatic carbocycles. The summed E-state index contributed by atoms with van der Waals surface area (Å²) >= 11 is 6.10. The number of carboxylic acid groups (broad SMARTS) is 1. The maximum absolute atomic E-state index is 13.0. The molecule has 50 heavy (non-hydrogen) atoms. The number of alkyl halides is 2. The van der Waals surface area contributed by atoms with Crippen molar-refractivity contribution in [3.63, 3.8) is 0 Å². The molecule has 1 aliphatic heterocycles. The van der Waals surface area contributed by atoms with Crippen molar-refractivity contribution in [2.45, 2.75) is 121 Å². The van der Waals surface area contributed by atoms with E-state index in [1.807, 2.05) is 18.2 Å². The number of benzene rings is 3. The number of nitrogens with one attached hydrogen (secondary N) is 2. The van der Waals surface area contributed by atoms with Gasteiger partial charge in [-0.25, -0.2) is 8.78 Å². The lowest BCUT2D eigenvalue weighted by Crippen LogP contribution is -2.37. The fourth-order valence-electron chi connectivity index (χ4n) is 6.99. The molecular weight excluding hydrogens is 652 g/mol. The van der Waals surface area contributed by atoms with Crippen LogP contribution in [0.25, 0.3) is 0 Å². The summed E-state index contributed by atoms with van der Waals surface area (Å²) in [6.45, 7) is 5.73. The van der Waals surface area contributed by atoms with E-state index < -0.39 is 11.9 Å². The minimum absolute atomic E-state index is 0.0139. The highest BCUT2D eigenvalue weighted by molar-refractivity contribution is 6.30. The number of hydrogen-bond donors (Lipinski definition) is 3. The van der Waals surface area contributed by atoms with Gasteiger partial charge >= 0.3 is 5.97 Å². The van der Waals surface area contributed by atoms with Crippen LogP contribution < -0.4 is 10.6 Å². The summed E-state index contributed by atoms with van der Waals surface area (Å²) in [6.07, 6.45) is 13.5. The Morgan fingerprint density at radius 1 is 0.840 bits per heavy atom. The third kappa shape index (κ3) is 14.3. The highest BCUT2D eigenvalue weighted by atomic mass is 35.5. The molecule has 0 aromatic heterocycles. The molecule has 2 fully saturated rings. The maximum atomic E-state index is 13.0. The lowest BCUT2D eigenvalue weighted by atomic mass is 9.92. The summed E-state index contributed by atoms with van der Waals surface area (Å²) in [5, 5.41) is 17.1. The highest BCUT2D eigenvalue weighted by Crippen LogP contribution is 2.33. The molecule has 1 saturated heterocycles. The second kappa shape index (κ2) is 21.4. The Kier molecular flexibility index (Phi) is 17.0. The number of halogens is 3. The molecule has 274 valence electrons. The quantitative estimate of drug-likeness (QED) is 0.122. The Labute approximate surface area is 304 Å². The van der Waals surface area contributed by atoms with E-state index in [9.17, 15) is 18.7 Å². The van der Waals surface area contributed by atoms with Crippen molar-refractivity contribution >= 4 is 23.3 Å². The number of carbonyl (C=O) groups is 1. The monoisotopic (exact) mass is 709 g/mol. The van der Waals surface area contributed by atoms with Crippen LogP contribution in [-0.4, -0.2) is 47.6 Å². The van der Waals surface area contributed by atoms with E-state index in [1.165, 1.54) is 62.5 Å². The first-order valence-corrected chi connectivity index (χ1v) is 19.3. The van der Waals surface area contributed by atoms with Gasteiger partial charge in [0.2, 0.25) is 5.92 Å². The molecule has 1 saturated carbocycles. The molecule has 1 unspecified atom stereocenters. The van der Waals surface area contributed by atoms with Crippen LogP contribution in [0, 0.1) is 5.92 Å². The van der Waals surface area contributed by atoms with E-state index in [-0.39, 0.29) is 24.8 Å². The maximum Gasteiger partial charge on any atom is 0.306 e. The molecule has 3 N–H and O–H groups in total. The van der Waals surface area contributed by atoms with E-state index in [0.29, 0.717) is 18.9 Å². The fraction of sp³-hybridized carbons (Fsp3) is 0.548. The Morgan fingerprint density at radius 2 is 1.46 bits per heavy atom. The van der Waals surface area contributed by atoms with Gasteiger partial charge in [-0.2, -0.15) is 0 Å². The number of anilines is 1. The summed E-state index contributed by atoms with van der Waals surface area (Å²) in [4.78, 5) is 13.5. The zero-order valence-corrected chi connectivity index (χ0v) is 30.7. The first-order valence-electron chi connectivity index (χ1n) is 18.9. The van der Waals surface area contributed by atoms with Crippen molar-refractivity contribution in [1.29, 1.82) is 0 Å². The van der Waals surface area contributed by atoms with Crippen molar-refractivity contribution in [1.82, 2.24) is 10.2 Å². The summed E-state index contributed by atoms with van der Waals surface area (Å²) in [5.74, 6) is -3.26. The molecule has 0 amide bonds. The number of aliphatic carboxylic acids is 1. The third-order valence-corrected chi connectivity index (χ3v) is 10.3. The van der Waals surface area contributed by atoms with E-state index in [1.54, 1.807) is 0 Å². The van der Waals surface area contributed by atoms with E-state index in [0.717, 1.165) is 55.3 Å². The standard InChI is InChI=1S/C26H27ClN2O2.C16H31F2N/c27-23-11-9-21(10-12-23)25(20-6-2-1-3-7-20)28-24-8-4-5-19(17-24)18-29-15-13-22(14-16-29)26(30)31;1-2-3-4-5-6-7-8-9-14-19-15-10-12-16(17,18)13-11-15/h1-12,17,22,25,28H,13-16,18H2,(H,30,31);15,19H,2-14H2,1H3. The van der Waals surface area contributed by atoms with Gasteiger partial charge in [-0.1, -0.05) is 118 Å². The first-order chi connectivity index (χ1) is 24.2. The molecule has 0 radical (unpaired) electrons. The molecule has 0 spiro atoms. The van der Waals surface area contributed by atoms with Gasteiger partial charge in [0.1, 0.15) is 0 Å². The number of likely N-dealkylation sites (tertiary alicyclic amines) is 1.